The molecular weight excluding hydrogens is 272 g/mol. The number of pyridine rings is 1. The molecule has 0 fully saturated rings. The van der Waals surface area contributed by atoms with Gasteiger partial charge in [-0.1, -0.05) is 0 Å². The maximum absolute atomic E-state index is 12.2. The van der Waals surface area contributed by atoms with Crippen molar-refractivity contribution in [1.82, 2.24) is 14.6 Å². The number of aromatic nitrogens is 3. The smallest absolute Gasteiger partial charge is 0.347 e. The molecule has 106 valence electrons. The molecule has 0 atom stereocenters. The highest BCUT2D eigenvalue weighted by atomic mass is 16.5. The molecule has 21 heavy (non-hydrogen) atoms. The number of carbonyl (C=O) groups excluding carboxylic acids is 1. The third-order valence-corrected chi connectivity index (χ3v) is 3.02. The third kappa shape index (κ3) is 2.48. The molecule has 2 N–H and O–H groups in total. The Morgan fingerprint density at radius 3 is 2.71 bits per heavy atom. The summed E-state index contributed by atoms with van der Waals surface area (Å²) in [5, 5.41) is 8.86. The summed E-state index contributed by atoms with van der Waals surface area (Å²) >= 11 is 0. The van der Waals surface area contributed by atoms with Crippen LogP contribution in [0.2, 0.25) is 0 Å². The van der Waals surface area contributed by atoms with Gasteiger partial charge in [0.25, 0.3) is 5.91 Å². The Bertz CT molecular complexity index is 849. The van der Waals surface area contributed by atoms with Gasteiger partial charge in [0, 0.05) is 11.9 Å². The van der Waals surface area contributed by atoms with Crippen molar-refractivity contribution in [3.8, 4) is 5.75 Å². The number of nitrogens with one attached hydrogen (secondary N) is 2. The van der Waals surface area contributed by atoms with Gasteiger partial charge in [-0.2, -0.15) is 5.10 Å². The van der Waals surface area contributed by atoms with E-state index >= 15 is 0 Å². The molecule has 3 aromatic rings. The van der Waals surface area contributed by atoms with E-state index in [1.807, 2.05) is 0 Å². The minimum Gasteiger partial charge on any atom is -0.497 e. The van der Waals surface area contributed by atoms with Crippen LogP contribution in [0, 0.1) is 0 Å². The zero-order valence-corrected chi connectivity index (χ0v) is 11.2. The Kier molecular flexibility index (Phi) is 3.15. The molecule has 3 rings (SSSR count). The third-order valence-electron chi connectivity index (χ3n) is 3.02. The predicted octanol–water partition coefficient (Wildman–Crippen LogP) is 1.28. The van der Waals surface area contributed by atoms with E-state index in [9.17, 15) is 9.59 Å². The van der Waals surface area contributed by atoms with E-state index in [1.165, 1.54) is 10.6 Å². The molecule has 7 nitrogen and oxygen atoms in total. The van der Waals surface area contributed by atoms with Crippen molar-refractivity contribution < 1.29 is 9.53 Å². The summed E-state index contributed by atoms with van der Waals surface area (Å²) in [6.07, 6.45) is 1.44. The second-order valence-electron chi connectivity index (χ2n) is 4.36. The van der Waals surface area contributed by atoms with Gasteiger partial charge in [-0.25, -0.2) is 14.3 Å². The molecule has 0 bridgehead atoms. The van der Waals surface area contributed by atoms with E-state index in [0.717, 1.165) is 0 Å². The Balaban J connectivity index is 1.85. The van der Waals surface area contributed by atoms with E-state index in [1.54, 1.807) is 43.5 Å². The van der Waals surface area contributed by atoms with Crippen molar-refractivity contribution in [2.24, 2.45) is 0 Å². The van der Waals surface area contributed by atoms with Crippen LogP contribution in [0.15, 0.2) is 47.4 Å². The van der Waals surface area contributed by atoms with Crippen molar-refractivity contribution in [2.45, 2.75) is 0 Å². The van der Waals surface area contributed by atoms with Gasteiger partial charge >= 0.3 is 5.69 Å². The van der Waals surface area contributed by atoms with Gasteiger partial charge in [-0.3, -0.25) is 4.79 Å². The lowest BCUT2D eigenvalue weighted by molar-refractivity contribution is 0.102. The standard InChI is InChI=1S/C14H12N4O3/c1-21-11-5-3-10(4-6-11)15-13(19)9-2-7-12-16-17-14(20)18(12)8-9/h2-8H,1H3,(H,15,19)(H,17,20). The highest BCUT2D eigenvalue weighted by Crippen LogP contribution is 2.15. The first kappa shape index (κ1) is 12.9. The lowest BCUT2D eigenvalue weighted by Crippen LogP contribution is -2.15. The summed E-state index contributed by atoms with van der Waals surface area (Å²) in [4.78, 5) is 23.6. The number of aromatic amines is 1. The zero-order chi connectivity index (χ0) is 14.8. The van der Waals surface area contributed by atoms with E-state index in [2.05, 4.69) is 15.5 Å². The van der Waals surface area contributed by atoms with Gasteiger partial charge in [0.15, 0.2) is 5.65 Å². The molecule has 1 amide bonds. The molecule has 0 aliphatic heterocycles. The fraction of sp³-hybridized carbons (Fsp3) is 0.0714. The van der Waals surface area contributed by atoms with E-state index in [-0.39, 0.29) is 11.6 Å². The molecule has 0 saturated heterocycles. The molecule has 0 spiro atoms. The highest BCUT2D eigenvalue weighted by Gasteiger charge is 2.09. The molecular formula is C14H12N4O3. The number of carbonyl (C=O) groups is 1. The normalized spacial score (nSPS) is 10.5. The number of hydrogen-bond acceptors (Lipinski definition) is 4. The molecule has 0 saturated carbocycles. The van der Waals surface area contributed by atoms with Crippen LogP contribution in [0.5, 0.6) is 5.75 Å². The van der Waals surface area contributed by atoms with Crippen LogP contribution in [0.4, 0.5) is 5.69 Å². The number of H-pyrrole nitrogens is 1. The average Bonchev–Trinajstić information content (AvgIpc) is 2.89. The quantitative estimate of drug-likeness (QED) is 0.758. The lowest BCUT2D eigenvalue weighted by Gasteiger charge is -2.06. The first-order valence-corrected chi connectivity index (χ1v) is 6.19. The number of methoxy groups -OCH3 is 1. The molecule has 2 heterocycles. The van der Waals surface area contributed by atoms with Crippen molar-refractivity contribution in [2.75, 3.05) is 12.4 Å². The number of rotatable bonds is 3. The Morgan fingerprint density at radius 1 is 1.24 bits per heavy atom. The zero-order valence-electron chi connectivity index (χ0n) is 11.2. The van der Waals surface area contributed by atoms with Gasteiger partial charge in [-0.15, -0.1) is 0 Å². The summed E-state index contributed by atoms with van der Waals surface area (Å²) in [5.74, 6) is 0.398. The molecule has 0 aliphatic rings. The van der Waals surface area contributed by atoms with Crippen LogP contribution in [-0.4, -0.2) is 27.6 Å². The number of amides is 1. The minimum absolute atomic E-state index is 0.310. The summed E-state index contributed by atoms with van der Waals surface area (Å²) < 4.78 is 6.33. The number of hydrogen-bond donors (Lipinski definition) is 2. The second kappa shape index (κ2) is 5.12. The maximum atomic E-state index is 12.2. The van der Waals surface area contributed by atoms with Crippen LogP contribution in [0.25, 0.3) is 5.65 Å². The SMILES string of the molecule is COc1ccc(NC(=O)c2ccc3n[nH]c(=O)n3c2)cc1. The Hall–Kier alpha value is -3.09. The van der Waals surface area contributed by atoms with Crippen LogP contribution >= 0.6 is 0 Å². The van der Waals surface area contributed by atoms with Gasteiger partial charge in [0.05, 0.1) is 12.7 Å². The predicted molar refractivity (Wildman–Crippen MR) is 76.8 cm³/mol. The second-order valence-corrected chi connectivity index (χ2v) is 4.36. The van der Waals surface area contributed by atoms with Gasteiger partial charge < -0.3 is 10.1 Å². The molecule has 2 aromatic heterocycles. The van der Waals surface area contributed by atoms with Crippen LogP contribution < -0.4 is 15.7 Å². The first-order valence-electron chi connectivity index (χ1n) is 6.19. The van der Waals surface area contributed by atoms with Crippen LogP contribution in [0.3, 0.4) is 0 Å². The molecule has 0 unspecified atom stereocenters. The van der Waals surface area contributed by atoms with Crippen LogP contribution in [-0.2, 0) is 0 Å². The van der Waals surface area contributed by atoms with Crippen molar-refractivity contribution in [3.05, 3.63) is 58.6 Å². The van der Waals surface area contributed by atoms with Crippen molar-refractivity contribution in [3.63, 3.8) is 0 Å². The van der Waals surface area contributed by atoms with Gasteiger partial charge in [0.1, 0.15) is 5.75 Å². The van der Waals surface area contributed by atoms with Crippen LogP contribution in [0.1, 0.15) is 10.4 Å². The number of anilines is 1. The maximum Gasteiger partial charge on any atom is 0.347 e. The number of ether oxygens (including phenoxy) is 1. The summed E-state index contributed by atoms with van der Waals surface area (Å²) in [7, 11) is 1.57. The summed E-state index contributed by atoms with van der Waals surface area (Å²) in [6.45, 7) is 0. The number of fused-ring (bicyclic) bond motifs is 1. The topological polar surface area (TPSA) is 88.5 Å². The van der Waals surface area contributed by atoms with Crippen molar-refractivity contribution >= 4 is 17.2 Å². The average molecular weight is 284 g/mol. The van der Waals surface area contributed by atoms with Gasteiger partial charge in [0.2, 0.25) is 0 Å². The largest absolute Gasteiger partial charge is 0.497 e. The number of nitrogens with zero attached hydrogens (tertiary/aromatic N) is 2. The summed E-state index contributed by atoms with van der Waals surface area (Å²) in [6, 6.07) is 10.2. The molecule has 1 aromatic carbocycles. The van der Waals surface area contributed by atoms with E-state index < -0.39 is 0 Å². The highest BCUT2D eigenvalue weighted by molar-refractivity contribution is 6.04. The Morgan fingerprint density at radius 2 is 2.00 bits per heavy atom. The molecule has 7 heteroatoms. The minimum atomic E-state index is -0.385. The fourth-order valence-corrected chi connectivity index (χ4v) is 1.92. The Labute approximate surface area is 119 Å². The summed E-state index contributed by atoms with van der Waals surface area (Å²) in [5.41, 5.74) is 1.08. The van der Waals surface area contributed by atoms with Crippen molar-refractivity contribution in [1.29, 1.82) is 0 Å². The number of benzene rings is 1. The lowest BCUT2D eigenvalue weighted by atomic mass is 10.2. The molecule has 0 radical (unpaired) electrons. The fourth-order valence-electron chi connectivity index (χ4n) is 1.92. The van der Waals surface area contributed by atoms with Gasteiger partial charge in [-0.05, 0) is 36.4 Å². The molecule has 0 aliphatic carbocycles. The van der Waals surface area contributed by atoms with E-state index in [0.29, 0.717) is 22.6 Å². The monoisotopic (exact) mass is 284 g/mol. The van der Waals surface area contributed by atoms with E-state index in [4.69, 9.17) is 4.74 Å². The first-order chi connectivity index (χ1) is 10.2.